The maximum absolute atomic E-state index is 11.9. The number of allylic oxidation sites excluding steroid dienone is 1. The van der Waals surface area contributed by atoms with Crippen molar-refractivity contribution in [1.82, 2.24) is 9.78 Å². The molecule has 2 N–H and O–H groups in total. The lowest BCUT2D eigenvalue weighted by molar-refractivity contribution is -0.141. The molecular weight excluding hydrogens is 415 g/mol. The van der Waals surface area contributed by atoms with Crippen molar-refractivity contribution in [2.75, 3.05) is 6.61 Å². The van der Waals surface area contributed by atoms with Gasteiger partial charge in [0.1, 0.15) is 16.8 Å². The molecule has 0 fully saturated rings. The van der Waals surface area contributed by atoms with Crippen LogP contribution in [0.3, 0.4) is 0 Å². The summed E-state index contributed by atoms with van der Waals surface area (Å²) >= 11 is 12.6. The number of rotatable bonds is 7. The SMILES string of the molecule is C/C(N)=C(/C#N)C(=O)COC(=O)/C=C/c1c(C)nn(Cc2ccccc2Cl)c1Cl. The van der Waals surface area contributed by atoms with E-state index >= 15 is 0 Å². The Labute approximate surface area is 178 Å². The van der Waals surface area contributed by atoms with Crippen molar-refractivity contribution >= 4 is 41.0 Å². The second kappa shape index (κ2) is 9.92. The molecule has 0 amide bonds. The fraction of sp³-hybridized carbons (Fsp3) is 0.200. The average molecular weight is 433 g/mol. The van der Waals surface area contributed by atoms with Crippen molar-refractivity contribution in [2.45, 2.75) is 20.4 Å². The van der Waals surface area contributed by atoms with Crippen LogP contribution in [0.5, 0.6) is 0 Å². The topological polar surface area (TPSA) is 111 Å². The summed E-state index contributed by atoms with van der Waals surface area (Å²) in [4.78, 5) is 23.7. The number of ether oxygens (including phenoxy) is 1. The third-order valence-electron chi connectivity index (χ3n) is 3.90. The molecule has 1 aromatic carbocycles. The van der Waals surface area contributed by atoms with Crippen LogP contribution in [0.1, 0.15) is 23.7 Å². The number of Topliss-reactive ketones (excluding diaryl/α,β-unsaturated/α-hetero) is 1. The zero-order chi connectivity index (χ0) is 21.6. The molecule has 0 saturated heterocycles. The Kier molecular flexibility index (Phi) is 7.59. The van der Waals surface area contributed by atoms with E-state index in [1.807, 2.05) is 18.2 Å². The van der Waals surface area contributed by atoms with E-state index in [0.717, 1.165) is 11.6 Å². The van der Waals surface area contributed by atoms with Crippen LogP contribution in [-0.2, 0) is 20.9 Å². The number of carbonyl (C=O) groups excluding carboxylic acids is 2. The number of nitrogens with two attached hydrogens (primary N) is 1. The van der Waals surface area contributed by atoms with Crippen LogP contribution in [0.25, 0.3) is 6.08 Å². The molecule has 0 aliphatic heterocycles. The molecule has 9 heteroatoms. The van der Waals surface area contributed by atoms with Gasteiger partial charge in [-0.2, -0.15) is 10.4 Å². The summed E-state index contributed by atoms with van der Waals surface area (Å²) in [6.07, 6.45) is 2.59. The van der Waals surface area contributed by atoms with Crippen LogP contribution in [0.15, 0.2) is 41.6 Å². The first-order chi connectivity index (χ1) is 13.7. The zero-order valence-corrected chi connectivity index (χ0v) is 17.3. The Morgan fingerprint density at radius 1 is 1.34 bits per heavy atom. The molecule has 2 rings (SSSR count). The van der Waals surface area contributed by atoms with Crippen LogP contribution in [0.4, 0.5) is 0 Å². The molecule has 0 bridgehead atoms. The van der Waals surface area contributed by atoms with Crippen molar-refractivity contribution < 1.29 is 14.3 Å². The first-order valence-electron chi connectivity index (χ1n) is 8.45. The third kappa shape index (κ3) is 5.70. The number of hydrogen-bond donors (Lipinski definition) is 1. The Hall–Kier alpha value is -3.08. The summed E-state index contributed by atoms with van der Waals surface area (Å²) < 4.78 is 6.42. The lowest BCUT2D eigenvalue weighted by Gasteiger charge is -2.05. The summed E-state index contributed by atoms with van der Waals surface area (Å²) in [5.74, 6) is -1.43. The molecule has 29 heavy (non-hydrogen) atoms. The van der Waals surface area contributed by atoms with Crippen molar-refractivity contribution in [3.05, 3.63) is 68.6 Å². The Morgan fingerprint density at radius 3 is 2.66 bits per heavy atom. The molecule has 150 valence electrons. The van der Waals surface area contributed by atoms with E-state index < -0.39 is 18.4 Å². The van der Waals surface area contributed by atoms with Gasteiger partial charge in [-0.05, 0) is 31.6 Å². The second-order valence-corrected chi connectivity index (χ2v) is 6.84. The highest BCUT2D eigenvalue weighted by atomic mass is 35.5. The number of aromatic nitrogens is 2. The standard InChI is InChI=1S/C20H18Cl2N4O3/c1-12(24)16(9-23)18(27)11-29-19(28)8-7-15-13(2)25-26(20(15)22)10-14-5-3-4-6-17(14)21/h3-8H,10-11,24H2,1-2H3/b8-7+,16-12+. The van der Waals surface area contributed by atoms with E-state index in [2.05, 4.69) is 5.10 Å². The minimum Gasteiger partial charge on any atom is -0.454 e. The van der Waals surface area contributed by atoms with Gasteiger partial charge in [-0.25, -0.2) is 9.48 Å². The zero-order valence-electron chi connectivity index (χ0n) is 15.8. The molecule has 1 heterocycles. The molecule has 0 saturated carbocycles. The molecule has 0 radical (unpaired) electrons. The van der Waals surface area contributed by atoms with Gasteiger partial charge in [0.25, 0.3) is 0 Å². The summed E-state index contributed by atoms with van der Waals surface area (Å²) in [5, 5.41) is 14.2. The Bertz CT molecular complexity index is 1040. The first kappa shape index (κ1) is 22.2. The van der Waals surface area contributed by atoms with Gasteiger partial charge in [0.05, 0.1) is 12.2 Å². The van der Waals surface area contributed by atoms with E-state index in [9.17, 15) is 9.59 Å². The molecule has 1 aromatic heterocycles. The van der Waals surface area contributed by atoms with Crippen molar-refractivity contribution in [1.29, 1.82) is 5.26 Å². The highest BCUT2D eigenvalue weighted by molar-refractivity contribution is 6.32. The predicted molar refractivity (Wildman–Crippen MR) is 110 cm³/mol. The maximum atomic E-state index is 11.9. The number of hydrogen-bond acceptors (Lipinski definition) is 6. The van der Waals surface area contributed by atoms with Gasteiger partial charge in [0, 0.05) is 22.4 Å². The maximum Gasteiger partial charge on any atom is 0.331 e. The number of esters is 1. The fourth-order valence-corrected chi connectivity index (χ4v) is 2.92. The molecule has 7 nitrogen and oxygen atoms in total. The molecule has 2 aromatic rings. The normalized spacial score (nSPS) is 11.8. The van der Waals surface area contributed by atoms with Gasteiger partial charge >= 0.3 is 5.97 Å². The van der Waals surface area contributed by atoms with Crippen LogP contribution >= 0.6 is 23.2 Å². The van der Waals surface area contributed by atoms with Gasteiger partial charge in [-0.15, -0.1) is 0 Å². The van der Waals surface area contributed by atoms with Crippen molar-refractivity contribution in [3.8, 4) is 6.07 Å². The van der Waals surface area contributed by atoms with Crippen molar-refractivity contribution in [3.63, 3.8) is 0 Å². The second-order valence-electron chi connectivity index (χ2n) is 6.07. The van der Waals surface area contributed by atoms with Gasteiger partial charge in [0.15, 0.2) is 6.61 Å². The number of nitriles is 1. The molecule has 0 spiro atoms. The largest absolute Gasteiger partial charge is 0.454 e. The number of aryl methyl sites for hydroxylation is 1. The average Bonchev–Trinajstić information content (AvgIpc) is 2.93. The summed E-state index contributed by atoms with van der Waals surface area (Å²) in [7, 11) is 0. The van der Waals surface area contributed by atoms with Crippen LogP contribution in [0, 0.1) is 18.3 Å². The Morgan fingerprint density at radius 2 is 2.03 bits per heavy atom. The van der Waals surface area contributed by atoms with Gasteiger partial charge in [-0.3, -0.25) is 4.79 Å². The summed E-state index contributed by atoms with van der Waals surface area (Å²) in [6, 6.07) is 9.02. The van der Waals surface area contributed by atoms with Gasteiger partial charge < -0.3 is 10.5 Å². The van der Waals surface area contributed by atoms with Gasteiger partial charge in [-0.1, -0.05) is 41.4 Å². The van der Waals surface area contributed by atoms with E-state index in [0.29, 0.717) is 28.0 Å². The molecule has 0 unspecified atom stereocenters. The fourth-order valence-electron chi connectivity index (χ4n) is 2.43. The quantitative estimate of drug-likeness (QED) is 0.407. The number of ketones is 1. The monoisotopic (exact) mass is 432 g/mol. The molecule has 0 aliphatic carbocycles. The van der Waals surface area contributed by atoms with Crippen molar-refractivity contribution in [2.24, 2.45) is 5.73 Å². The Balaban J connectivity index is 2.07. The first-order valence-corrected chi connectivity index (χ1v) is 9.21. The van der Waals surface area contributed by atoms with Crippen LogP contribution in [-0.4, -0.2) is 28.1 Å². The number of benzene rings is 1. The number of carbonyl (C=O) groups is 2. The minimum absolute atomic E-state index is 0.0671. The highest BCUT2D eigenvalue weighted by Crippen LogP contribution is 2.24. The highest BCUT2D eigenvalue weighted by Gasteiger charge is 2.15. The smallest absolute Gasteiger partial charge is 0.331 e. The summed E-state index contributed by atoms with van der Waals surface area (Å²) in [6.45, 7) is 2.95. The van der Waals surface area contributed by atoms with Crippen LogP contribution in [0.2, 0.25) is 10.2 Å². The van der Waals surface area contributed by atoms with E-state index in [1.165, 1.54) is 13.0 Å². The third-order valence-corrected chi connectivity index (χ3v) is 4.67. The molecule has 0 atom stereocenters. The predicted octanol–water partition coefficient (Wildman–Crippen LogP) is 3.43. The van der Waals surface area contributed by atoms with E-state index in [-0.39, 0.29) is 11.3 Å². The molecule has 0 aliphatic rings. The number of nitrogens with zero attached hydrogens (tertiary/aromatic N) is 3. The van der Waals surface area contributed by atoms with E-state index in [1.54, 1.807) is 23.7 Å². The minimum atomic E-state index is -0.764. The van der Waals surface area contributed by atoms with Crippen LogP contribution < -0.4 is 5.73 Å². The number of halogens is 2. The van der Waals surface area contributed by atoms with Gasteiger partial charge in [0.2, 0.25) is 5.78 Å². The summed E-state index contributed by atoms with van der Waals surface area (Å²) in [5.41, 5.74) is 7.27. The molecular formula is C20H18Cl2N4O3. The lowest BCUT2D eigenvalue weighted by Crippen LogP contribution is -2.16. The lowest BCUT2D eigenvalue weighted by atomic mass is 10.1. The van der Waals surface area contributed by atoms with E-state index in [4.69, 9.17) is 38.9 Å².